The van der Waals surface area contributed by atoms with E-state index in [0.717, 1.165) is 5.69 Å². The smallest absolute Gasteiger partial charge is 0.239 e. The second kappa shape index (κ2) is 6.66. The Morgan fingerprint density at radius 1 is 1.21 bits per heavy atom. The summed E-state index contributed by atoms with van der Waals surface area (Å²) < 4.78 is 0. The molecule has 0 bridgehead atoms. The number of nitrogens with zero attached hydrogens (tertiary/aromatic N) is 1. The van der Waals surface area contributed by atoms with E-state index in [2.05, 4.69) is 0 Å². The number of anilines is 1. The van der Waals surface area contributed by atoms with Crippen LogP contribution in [0.15, 0.2) is 30.3 Å². The van der Waals surface area contributed by atoms with E-state index in [0.29, 0.717) is 19.4 Å². The molecule has 0 aliphatic heterocycles. The number of hydrogen-bond donors (Lipinski definition) is 1. The molecule has 0 unspecified atom stereocenters. The summed E-state index contributed by atoms with van der Waals surface area (Å²) in [5.74, 6) is -0.00120. The maximum atomic E-state index is 12.9. The minimum Gasteiger partial charge on any atom is -0.392 e. The highest BCUT2D eigenvalue weighted by Crippen LogP contribution is 2.31. The van der Waals surface area contributed by atoms with Crippen LogP contribution in [0.3, 0.4) is 0 Å². The van der Waals surface area contributed by atoms with E-state index >= 15 is 0 Å². The lowest BCUT2D eigenvalue weighted by molar-refractivity contribution is -0.125. The predicted molar refractivity (Wildman–Crippen MR) is 84.3 cm³/mol. The summed E-state index contributed by atoms with van der Waals surface area (Å²) in [6.07, 6.45) is 1.25. The number of rotatable bonds is 6. The molecule has 3 nitrogen and oxygen atoms in total. The monoisotopic (exact) mass is 278 g/mol. The van der Waals surface area contributed by atoms with Gasteiger partial charge in [0, 0.05) is 12.2 Å². The van der Waals surface area contributed by atoms with Crippen LogP contribution in [0.2, 0.25) is 0 Å². The molecule has 0 fully saturated rings. The van der Waals surface area contributed by atoms with Gasteiger partial charge in [-0.25, -0.2) is 0 Å². The fourth-order valence-corrected chi connectivity index (χ4v) is 2.69. The number of thiocarbonyl (C=S) groups is 1. The van der Waals surface area contributed by atoms with Crippen molar-refractivity contribution in [1.29, 1.82) is 0 Å². The Bertz CT molecular complexity index is 441. The zero-order valence-electron chi connectivity index (χ0n) is 11.8. The molecule has 0 radical (unpaired) electrons. The average Bonchev–Trinajstić information content (AvgIpc) is 2.42. The summed E-state index contributed by atoms with van der Waals surface area (Å²) in [7, 11) is 0. The van der Waals surface area contributed by atoms with Crippen LogP contribution in [0.5, 0.6) is 0 Å². The first kappa shape index (κ1) is 15.6. The van der Waals surface area contributed by atoms with Crippen molar-refractivity contribution in [2.45, 2.75) is 33.6 Å². The minimum absolute atomic E-state index is 0.00120. The first-order chi connectivity index (χ1) is 9.03. The number of amides is 1. The molecule has 0 heterocycles. The third-order valence-electron chi connectivity index (χ3n) is 3.72. The van der Waals surface area contributed by atoms with Crippen LogP contribution in [0, 0.1) is 5.41 Å². The molecule has 4 heteroatoms. The van der Waals surface area contributed by atoms with E-state index in [4.69, 9.17) is 18.0 Å². The topological polar surface area (TPSA) is 46.3 Å². The highest BCUT2D eigenvalue weighted by atomic mass is 32.1. The third kappa shape index (κ3) is 2.95. The quantitative estimate of drug-likeness (QED) is 0.813. The molecule has 0 saturated heterocycles. The van der Waals surface area contributed by atoms with Crippen LogP contribution in [0.25, 0.3) is 0 Å². The van der Waals surface area contributed by atoms with Crippen molar-refractivity contribution in [3.05, 3.63) is 30.3 Å². The lowest BCUT2D eigenvalue weighted by Crippen LogP contribution is -2.50. The molecule has 0 saturated carbocycles. The average molecular weight is 278 g/mol. The van der Waals surface area contributed by atoms with Gasteiger partial charge in [0.1, 0.15) is 0 Å². The largest absolute Gasteiger partial charge is 0.392 e. The molecule has 1 aromatic rings. The van der Waals surface area contributed by atoms with E-state index < -0.39 is 5.41 Å². The van der Waals surface area contributed by atoms with Crippen LogP contribution in [-0.4, -0.2) is 17.4 Å². The van der Waals surface area contributed by atoms with Crippen molar-refractivity contribution < 1.29 is 4.79 Å². The maximum absolute atomic E-state index is 12.9. The first-order valence-corrected chi connectivity index (χ1v) is 7.11. The fraction of sp³-hybridized carbons (Fsp3) is 0.467. The number of benzene rings is 1. The van der Waals surface area contributed by atoms with Gasteiger partial charge in [0.2, 0.25) is 5.91 Å². The van der Waals surface area contributed by atoms with Crippen LogP contribution < -0.4 is 10.6 Å². The van der Waals surface area contributed by atoms with E-state index in [9.17, 15) is 4.79 Å². The van der Waals surface area contributed by atoms with Crippen molar-refractivity contribution in [3.8, 4) is 0 Å². The highest BCUT2D eigenvalue weighted by Gasteiger charge is 2.41. The molecule has 104 valence electrons. The van der Waals surface area contributed by atoms with Gasteiger partial charge in [-0.2, -0.15) is 0 Å². The lowest BCUT2D eigenvalue weighted by atomic mass is 9.80. The maximum Gasteiger partial charge on any atom is 0.239 e. The molecule has 0 aliphatic carbocycles. The predicted octanol–water partition coefficient (Wildman–Crippen LogP) is 3.13. The summed E-state index contributed by atoms with van der Waals surface area (Å²) in [5, 5.41) is 0. The van der Waals surface area contributed by atoms with E-state index in [1.165, 1.54) is 0 Å². The number of carbonyl (C=O) groups excluding carboxylic acids is 1. The Hall–Kier alpha value is -1.42. The molecule has 1 aromatic carbocycles. The van der Waals surface area contributed by atoms with Crippen LogP contribution in [0.1, 0.15) is 33.6 Å². The van der Waals surface area contributed by atoms with E-state index in [1.54, 1.807) is 4.90 Å². The van der Waals surface area contributed by atoms with Gasteiger partial charge < -0.3 is 10.6 Å². The summed E-state index contributed by atoms with van der Waals surface area (Å²) in [5.41, 5.74) is 6.00. The van der Waals surface area contributed by atoms with Crippen LogP contribution >= 0.6 is 12.2 Å². The van der Waals surface area contributed by atoms with Gasteiger partial charge in [0.25, 0.3) is 0 Å². The van der Waals surface area contributed by atoms with Crippen molar-refractivity contribution >= 4 is 28.8 Å². The first-order valence-electron chi connectivity index (χ1n) is 6.70. The van der Waals surface area contributed by atoms with E-state index in [1.807, 2.05) is 51.1 Å². The Labute approximate surface area is 120 Å². The van der Waals surface area contributed by atoms with Gasteiger partial charge in [-0.05, 0) is 31.9 Å². The molecule has 1 rings (SSSR count). The Morgan fingerprint density at radius 3 is 2.11 bits per heavy atom. The molecular weight excluding hydrogens is 256 g/mol. The Kier molecular flexibility index (Phi) is 5.48. The molecule has 0 aromatic heterocycles. The number of hydrogen-bond acceptors (Lipinski definition) is 2. The van der Waals surface area contributed by atoms with Crippen LogP contribution in [-0.2, 0) is 4.79 Å². The second-order valence-electron chi connectivity index (χ2n) is 4.54. The van der Waals surface area contributed by atoms with Crippen LogP contribution in [0.4, 0.5) is 5.69 Å². The number of nitrogens with two attached hydrogens (primary N) is 1. The Balaban J connectivity index is 3.18. The molecule has 1 amide bonds. The van der Waals surface area contributed by atoms with Gasteiger partial charge in [0.15, 0.2) is 0 Å². The SMILES string of the molecule is CCN(C(=O)C(CC)(CC)C(N)=S)c1ccccc1. The minimum atomic E-state index is -0.735. The van der Waals surface area contributed by atoms with Crippen molar-refractivity contribution in [1.82, 2.24) is 0 Å². The van der Waals surface area contributed by atoms with Crippen molar-refractivity contribution in [3.63, 3.8) is 0 Å². The lowest BCUT2D eigenvalue weighted by Gasteiger charge is -2.34. The second-order valence-corrected chi connectivity index (χ2v) is 4.98. The molecule has 0 aliphatic rings. The molecule has 19 heavy (non-hydrogen) atoms. The summed E-state index contributed by atoms with van der Waals surface area (Å²) in [6.45, 7) is 6.48. The van der Waals surface area contributed by atoms with E-state index in [-0.39, 0.29) is 10.9 Å². The zero-order valence-corrected chi connectivity index (χ0v) is 12.7. The van der Waals surface area contributed by atoms with Gasteiger partial charge in [-0.1, -0.05) is 44.3 Å². The number of para-hydroxylation sites is 1. The van der Waals surface area contributed by atoms with Crippen molar-refractivity contribution in [2.75, 3.05) is 11.4 Å². The Morgan fingerprint density at radius 2 is 1.74 bits per heavy atom. The van der Waals surface area contributed by atoms with Gasteiger partial charge >= 0.3 is 0 Å². The summed E-state index contributed by atoms with van der Waals surface area (Å²) in [6, 6.07) is 9.63. The van der Waals surface area contributed by atoms with Gasteiger partial charge in [-0.15, -0.1) is 0 Å². The molecular formula is C15H22N2OS. The standard InChI is InChI=1S/C15H22N2OS/c1-4-15(5-2,13(16)19)14(18)17(6-3)12-10-8-7-9-11-12/h7-11H,4-6H2,1-3H3,(H2,16,19). The highest BCUT2D eigenvalue weighted by molar-refractivity contribution is 7.80. The zero-order chi connectivity index (χ0) is 14.5. The van der Waals surface area contributed by atoms with Gasteiger partial charge in [0.05, 0.1) is 10.4 Å². The molecule has 0 atom stereocenters. The normalized spacial score (nSPS) is 11.1. The van der Waals surface area contributed by atoms with Crippen molar-refractivity contribution in [2.24, 2.45) is 11.1 Å². The summed E-state index contributed by atoms with van der Waals surface area (Å²) in [4.78, 5) is 14.9. The third-order valence-corrected chi connectivity index (χ3v) is 4.11. The number of carbonyl (C=O) groups is 1. The fourth-order valence-electron chi connectivity index (χ4n) is 2.32. The summed E-state index contributed by atoms with van der Waals surface area (Å²) >= 11 is 5.15. The molecule has 2 N–H and O–H groups in total. The molecule has 0 spiro atoms. The van der Waals surface area contributed by atoms with Gasteiger partial charge in [-0.3, -0.25) is 4.79 Å².